The lowest BCUT2D eigenvalue weighted by atomic mass is 9.55. The molecule has 5 atom stereocenters. The van der Waals surface area contributed by atoms with E-state index in [4.69, 9.17) is 4.74 Å². The molecule has 168 valence electrons. The number of anilines is 1. The van der Waals surface area contributed by atoms with Crippen molar-refractivity contribution in [1.29, 1.82) is 0 Å². The van der Waals surface area contributed by atoms with Crippen LogP contribution in [0.15, 0.2) is 30.4 Å². The zero-order valence-corrected chi connectivity index (χ0v) is 19.6. The third-order valence-corrected chi connectivity index (χ3v) is 9.22. The largest absolute Gasteiger partial charge is 0.462 e. The summed E-state index contributed by atoms with van der Waals surface area (Å²) in [6.07, 6.45) is 5.96. The van der Waals surface area contributed by atoms with Gasteiger partial charge in [0.25, 0.3) is 0 Å². The lowest BCUT2D eigenvalue weighted by Gasteiger charge is -2.50. The minimum atomic E-state index is 0.0755. The molecule has 4 aliphatic rings. The van der Waals surface area contributed by atoms with Gasteiger partial charge in [-0.25, -0.2) is 0 Å². The number of carbonyl (C=O) groups is 1. The van der Waals surface area contributed by atoms with Crippen molar-refractivity contribution in [2.24, 2.45) is 23.2 Å². The van der Waals surface area contributed by atoms with Crippen molar-refractivity contribution in [2.75, 3.05) is 37.6 Å². The summed E-state index contributed by atoms with van der Waals surface area (Å²) in [5.74, 6) is 1.12. The summed E-state index contributed by atoms with van der Waals surface area (Å²) in [4.78, 5) is 17.0. The number of allylic oxidation sites excluding steroid dienone is 1. The van der Waals surface area contributed by atoms with Crippen molar-refractivity contribution in [3.63, 3.8) is 0 Å². The maximum absolute atomic E-state index is 12.9. The van der Waals surface area contributed by atoms with E-state index in [9.17, 15) is 4.79 Å². The highest BCUT2D eigenvalue weighted by atomic mass is 16.6. The first-order chi connectivity index (χ1) is 14.9. The molecule has 1 aromatic carbocycles. The van der Waals surface area contributed by atoms with Crippen LogP contribution in [-0.2, 0) is 9.53 Å². The van der Waals surface area contributed by atoms with Crippen LogP contribution in [0.2, 0.25) is 0 Å². The van der Waals surface area contributed by atoms with Crippen LogP contribution in [0.25, 0.3) is 0 Å². The Bertz CT molecular complexity index is 872. The second-order valence-electron chi connectivity index (χ2n) is 11.1. The molecular weight excluding hydrogens is 384 g/mol. The van der Waals surface area contributed by atoms with Crippen LogP contribution in [0.3, 0.4) is 0 Å². The molecule has 4 nitrogen and oxygen atoms in total. The molecule has 4 heteroatoms. The number of aryl methyl sites for hydroxylation is 1. The van der Waals surface area contributed by atoms with Crippen molar-refractivity contribution in [1.82, 2.24) is 0 Å². The summed E-state index contributed by atoms with van der Waals surface area (Å²) in [5.41, 5.74) is 5.85. The van der Waals surface area contributed by atoms with Gasteiger partial charge in [-0.1, -0.05) is 31.2 Å². The lowest BCUT2D eigenvalue weighted by Crippen LogP contribution is -3.15. The van der Waals surface area contributed by atoms with Gasteiger partial charge in [-0.05, 0) is 74.5 Å². The number of rotatable bonds is 3. The SMILES string of the molecule is C=C1CCCC2(C)CC3OC(=O)C(C[NH+]4CCN(c5cccc(C)c5C)CC4)C3CC12. The van der Waals surface area contributed by atoms with E-state index in [0.29, 0.717) is 11.8 Å². The topological polar surface area (TPSA) is 34.0 Å². The Hall–Kier alpha value is -1.81. The first-order valence-electron chi connectivity index (χ1n) is 12.4. The van der Waals surface area contributed by atoms with Gasteiger partial charge in [-0.2, -0.15) is 0 Å². The third-order valence-electron chi connectivity index (χ3n) is 9.22. The number of piperazine rings is 1. The highest BCUT2D eigenvalue weighted by Gasteiger charge is 2.56. The van der Waals surface area contributed by atoms with Crippen LogP contribution < -0.4 is 9.80 Å². The summed E-state index contributed by atoms with van der Waals surface area (Å²) in [6, 6.07) is 6.61. The van der Waals surface area contributed by atoms with E-state index in [1.165, 1.54) is 41.6 Å². The van der Waals surface area contributed by atoms with Crippen LogP contribution in [-0.4, -0.2) is 44.8 Å². The average molecular weight is 424 g/mol. The number of ether oxygens (including phenoxy) is 1. The van der Waals surface area contributed by atoms with Gasteiger partial charge in [0.2, 0.25) is 0 Å². The van der Waals surface area contributed by atoms with Crippen LogP contribution in [0.1, 0.15) is 50.2 Å². The molecule has 4 fully saturated rings. The smallest absolute Gasteiger partial charge is 0.315 e. The number of esters is 1. The van der Waals surface area contributed by atoms with Crippen molar-refractivity contribution in [3.05, 3.63) is 41.5 Å². The minimum Gasteiger partial charge on any atom is -0.462 e. The summed E-state index contributed by atoms with van der Waals surface area (Å²) in [5, 5.41) is 0. The monoisotopic (exact) mass is 423 g/mol. The Morgan fingerprint density at radius 1 is 1.26 bits per heavy atom. The van der Waals surface area contributed by atoms with Crippen LogP contribution in [0.5, 0.6) is 0 Å². The fourth-order valence-corrected chi connectivity index (χ4v) is 7.15. The molecule has 2 heterocycles. The van der Waals surface area contributed by atoms with Gasteiger partial charge >= 0.3 is 5.97 Å². The number of nitrogens with zero attached hydrogens (tertiary/aromatic N) is 1. The molecule has 5 unspecified atom stereocenters. The summed E-state index contributed by atoms with van der Waals surface area (Å²) >= 11 is 0. The predicted octanol–water partition coefficient (Wildman–Crippen LogP) is 3.32. The number of nitrogens with one attached hydrogen (secondary N) is 1. The van der Waals surface area contributed by atoms with E-state index < -0.39 is 0 Å². The van der Waals surface area contributed by atoms with Gasteiger partial charge in [0.15, 0.2) is 0 Å². The molecular formula is C27H39N2O2+. The van der Waals surface area contributed by atoms with Gasteiger partial charge in [-0.3, -0.25) is 4.79 Å². The normalized spacial score (nSPS) is 36.2. The number of carbonyl (C=O) groups excluding carboxylic acids is 1. The molecule has 0 amide bonds. The summed E-state index contributed by atoms with van der Waals surface area (Å²) < 4.78 is 6.00. The molecule has 2 aliphatic carbocycles. The van der Waals surface area contributed by atoms with Crippen molar-refractivity contribution >= 4 is 11.7 Å². The molecule has 2 aliphatic heterocycles. The first-order valence-corrected chi connectivity index (χ1v) is 12.4. The zero-order valence-electron chi connectivity index (χ0n) is 19.6. The van der Waals surface area contributed by atoms with E-state index in [1.54, 1.807) is 4.90 Å². The van der Waals surface area contributed by atoms with E-state index in [1.807, 2.05) is 0 Å². The van der Waals surface area contributed by atoms with Crippen molar-refractivity contribution < 1.29 is 14.4 Å². The summed E-state index contributed by atoms with van der Waals surface area (Å²) in [7, 11) is 0. The molecule has 1 aromatic rings. The number of quaternary nitrogens is 1. The molecule has 0 aromatic heterocycles. The van der Waals surface area contributed by atoms with Gasteiger partial charge in [0.05, 0.1) is 32.7 Å². The molecule has 2 saturated heterocycles. The predicted molar refractivity (Wildman–Crippen MR) is 124 cm³/mol. The lowest BCUT2D eigenvalue weighted by molar-refractivity contribution is -0.903. The van der Waals surface area contributed by atoms with E-state index in [-0.39, 0.29) is 23.4 Å². The number of fused-ring (bicyclic) bond motifs is 2. The molecule has 0 bridgehead atoms. The van der Waals surface area contributed by atoms with Gasteiger partial charge in [0.1, 0.15) is 12.0 Å². The fraction of sp³-hybridized carbons (Fsp3) is 0.667. The standard InChI is InChI=1S/C27H38N2O2/c1-18-7-5-9-24(20(18)3)29-13-11-28(12-14-29)17-22-21-15-23-19(2)8-6-10-27(23,4)16-25(21)31-26(22)30/h5,7,9,21-23,25H,2,6,8,10-17H2,1,3-4H3/p+1. The minimum absolute atomic E-state index is 0.0755. The van der Waals surface area contributed by atoms with Crippen molar-refractivity contribution in [2.45, 2.75) is 59.0 Å². The number of hydrogen-bond donors (Lipinski definition) is 1. The molecule has 31 heavy (non-hydrogen) atoms. The Labute approximate surface area is 187 Å². The molecule has 0 spiro atoms. The second-order valence-corrected chi connectivity index (χ2v) is 11.1. The molecule has 5 rings (SSSR count). The highest BCUT2D eigenvalue weighted by molar-refractivity contribution is 5.75. The van der Waals surface area contributed by atoms with E-state index in [0.717, 1.165) is 45.6 Å². The van der Waals surface area contributed by atoms with Crippen LogP contribution in [0.4, 0.5) is 5.69 Å². The van der Waals surface area contributed by atoms with E-state index >= 15 is 0 Å². The fourth-order valence-electron chi connectivity index (χ4n) is 7.15. The third kappa shape index (κ3) is 3.71. The second kappa shape index (κ2) is 7.95. The molecule has 0 radical (unpaired) electrons. The van der Waals surface area contributed by atoms with Gasteiger partial charge in [-0.15, -0.1) is 0 Å². The Morgan fingerprint density at radius 2 is 2.03 bits per heavy atom. The maximum atomic E-state index is 12.9. The molecule has 2 saturated carbocycles. The number of benzene rings is 1. The zero-order chi connectivity index (χ0) is 21.8. The summed E-state index contributed by atoms with van der Waals surface area (Å²) in [6.45, 7) is 16.5. The Kier molecular flexibility index (Phi) is 5.40. The Balaban J connectivity index is 1.23. The Morgan fingerprint density at radius 3 is 2.81 bits per heavy atom. The van der Waals surface area contributed by atoms with Gasteiger partial charge < -0.3 is 14.5 Å². The van der Waals surface area contributed by atoms with Crippen LogP contribution >= 0.6 is 0 Å². The van der Waals surface area contributed by atoms with Crippen LogP contribution in [0, 0.1) is 37.0 Å². The quantitative estimate of drug-likeness (QED) is 0.598. The average Bonchev–Trinajstić information content (AvgIpc) is 3.03. The molecule has 1 N–H and O–H groups in total. The number of hydrogen-bond acceptors (Lipinski definition) is 3. The first kappa shape index (κ1) is 21.1. The van der Waals surface area contributed by atoms with Crippen molar-refractivity contribution in [3.8, 4) is 0 Å². The van der Waals surface area contributed by atoms with Gasteiger partial charge in [0, 0.05) is 11.6 Å². The van der Waals surface area contributed by atoms with E-state index in [2.05, 4.69) is 50.4 Å². The maximum Gasteiger partial charge on any atom is 0.315 e. The highest BCUT2D eigenvalue weighted by Crippen LogP contribution is 2.56.